The van der Waals surface area contributed by atoms with Gasteiger partial charge < -0.3 is 5.02 Å². The summed E-state index contributed by atoms with van der Waals surface area (Å²) in [5.41, 5.74) is -0.218. The molecular weight excluding hydrogens is 180 g/mol. The van der Waals surface area contributed by atoms with Crippen LogP contribution in [-0.2, 0) is 6.18 Å². The quantitative estimate of drug-likeness (QED) is 0.662. The second-order valence-electron chi connectivity index (χ2n) is 2.80. The van der Waals surface area contributed by atoms with Crippen molar-refractivity contribution in [3.8, 4) is 0 Å². The Morgan fingerprint density at radius 1 is 1.15 bits per heavy atom. The van der Waals surface area contributed by atoms with Crippen molar-refractivity contribution in [3.63, 3.8) is 0 Å². The largest absolute Gasteiger partial charge is 0.447 e. The fourth-order valence-corrected chi connectivity index (χ4v) is 0.951. The highest BCUT2D eigenvalue weighted by atomic mass is 19.4. The van der Waals surface area contributed by atoms with Crippen molar-refractivity contribution in [2.75, 3.05) is 0 Å². The smallest absolute Gasteiger partial charge is 0.416 e. The number of hydrogen-bond acceptors (Lipinski definition) is 1. The molecule has 1 N–H and O–H groups in total. The molecule has 5 heteroatoms. The van der Waals surface area contributed by atoms with Crippen LogP contribution in [0.3, 0.4) is 0 Å². The first kappa shape index (κ1) is 10.1. The molecule has 0 aliphatic carbocycles. The van der Waals surface area contributed by atoms with Gasteiger partial charge in [-0.15, -0.1) is 0 Å². The first-order chi connectivity index (χ1) is 5.91. The van der Waals surface area contributed by atoms with E-state index in [1.807, 2.05) is 0 Å². The van der Waals surface area contributed by atoms with Crippen molar-refractivity contribution < 1.29 is 18.2 Å². The molecular formula is C8H8BF3O. The van der Waals surface area contributed by atoms with E-state index in [1.54, 1.807) is 0 Å². The van der Waals surface area contributed by atoms with Crippen LogP contribution in [0.5, 0.6) is 0 Å². The van der Waals surface area contributed by atoms with Gasteiger partial charge in [-0.2, -0.15) is 13.2 Å². The molecule has 0 aliphatic rings. The summed E-state index contributed by atoms with van der Waals surface area (Å²) in [4.78, 5) is 0. The van der Waals surface area contributed by atoms with Crippen molar-refractivity contribution in [2.45, 2.75) is 13.0 Å². The van der Waals surface area contributed by atoms with Gasteiger partial charge in [-0.25, -0.2) is 0 Å². The fourth-order valence-electron chi connectivity index (χ4n) is 0.951. The molecule has 0 aliphatic heterocycles. The van der Waals surface area contributed by atoms with Crippen LogP contribution in [-0.4, -0.2) is 11.9 Å². The summed E-state index contributed by atoms with van der Waals surface area (Å²) in [5.74, 6) is 0. The van der Waals surface area contributed by atoms with Gasteiger partial charge in [0.1, 0.15) is 0 Å². The van der Waals surface area contributed by atoms with E-state index >= 15 is 0 Å². The van der Waals surface area contributed by atoms with E-state index in [-0.39, 0.29) is 0 Å². The fraction of sp³-hybridized carbons (Fsp3) is 0.250. The lowest BCUT2D eigenvalue weighted by atomic mass is 9.64. The Morgan fingerprint density at radius 2 is 1.62 bits per heavy atom. The van der Waals surface area contributed by atoms with Crippen LogP contribution in [0.4, 0.5) is 13.2 Å². The Kier molecular flexibility index (Phi) is 2.66. The molecule has 0 saturated carbocycles. The topological polar surface area (TPSA) is 20.2 Å². The molecule has 1 nitrogen and oxygen atoms in total. The molecule has 0 radical (unpaired) electrons. The predicted molar refractivity (Wildman–Crippen MR) is 44.9 cm³/mol. The minimum atomic E-state index is -4.31. The average molecular weight is 188 g/mol. The number of alkyl halides is 3. The van der Waals surface area contributed by atoms with Crippen LogP contribution in [0, 0.1) is 0 Å². The van der Waals surface area contributed by atoms with Crippen molar-refractivity contribution >= 4 is 12.4 Å². The summed E-state index contributed by atoms with van der Waals surface area (Å²) in [6.07, 6.45) is -4.31. The van der Waals surface area contributed by atoms with E-state index < -0.39 is 18.7 Å². The van der Waals surface area contributed by atoms with Crippen LogP contribution in [0.1, 0.15) is 5.56 Å². The molecule has 1 rings (SSSR count). The van der Waals surface area contributed by atoms with Crippen molar-refractivity contribution in [2.24, 2.45) is 0 Å². The molecule has 0 amide bonds. The third-order valence-corrected chi connectivity index (χ3v) is 1.72. The third kappa shape index (κ3) is 2.49. The molecule has 0 saturated heterocycles. The SMILES string of the molecule is CB(O)c1ccc(C(F)(F)F)cc1. The van der Waals surface area contributed by atoms with Gasteiger partial charge >= 0.3 is 13.1 Å². The molecule has 0 bridgehead atoms. The second-order valence-corrected chi connectivity index (χ2v) is 2.80. The highest BCUT2D eigenvalue weighted by Crippen LogP contribution is 2.28. The summed E-state index contributed by atoms with van der Waals surface area (Å²) in [6.45, 7) is 0.769. The Hall–Kier alpha value is -0.965. The van der Waals surface area contributed by atoms with Crippen molar-refractivity contribution in [1.82, 2.24) is 0 Å². The molecule has 1 aromatic rings. The monoisotopic (exact) mass is 188 g/mol. The molecule has 0 spiro atoms. The van der Waals surface area contributed by atoms with Crippen LogP contribution in [0.2, 0.25) is 6.82 Å². The summed E-state index contributed by atoms with van der Waals surface area (Å²) in [7, 11) is 0. The molecule has 0 fully saturated rings. The Labute approximate surface area is 74.3 Å². The van der Waals surface area contributed by atoms with Gasteiger partial charge in [-0.05, 0) is 5.46 Å². The minimum Gasteiger partial charge on any atom is -0.447 e. The average Bonchev–Trinajstić information content (AvgIpc) is 2.03. The van der Waals surface area contributed by atoms with E-state index in [2.05, 4.69) is 0 Å². The van der Waals surface area contributed by atoms with Crippen molar-refractivity contribution in [3.05, 3.63) is 29.8 Å². The molecule has 0 aromatic heterocycles. The maximum absolute atomic E-state index is 12.1. The first-order valence-corrected chi connectivity index (χ1v) is 3.76. The predicted octanol–water partition coefficient (Wildman–Crippen LogP) is 1.53. The lowest BCUT2D eigenvalue weighted by Crippen LogP contribution is -2.26. The first-order valence-electron chi connectivity index (χ1n) is 3.76. The highest BCUT2D eigenvalue weighted by Gasteiger charge is 2.30. The molecule has 1 aromatic carbocycles. The normalized spacial score (nSPS) is 11.5. The van der Waals surface area contributed by atoms with Crippen molar-refractivity contribution in [1.29, 1.82) is 0 Å². The molecule has 13 heavy (non-hydrogen) atoms. The van der Waals surface area contributed by atoms with Gasteiger partial charge in [-0.1, -0.05) is 31.1 Å². The summed E-state index contributed by atoms with van der Waals surface area (Å²) < 4.78 is 36.2. The zero-order chi connectivity index (χ0) is 10.1. The Balaban J connectivity index is 2.94. The standard InChI is InChI=1S/C8H8BF3O/c1-9(13)7-4-2-6(3-5-7)8(10,11)12/h2-5,13H,1H3. The van der Waals surface area contributed by atoms with Crippen LogP contribution >= 0.6 is 0 Å². The number of benzene rings is 1. The molecule has 0 atom stereocenters. The maximum atomic E-state index is 12.1. The van der Waals surface area contributed by atoms with Gasteiger partial charge in [0, 0.05) is 0 Å². The lowest BCUT2D eigenvalue weighted by Gasteiger charge is -2.07. The van der Waals surface area contributed by atoms with E-state index in [0.717, 1.165) is 12.1 Å². The molecule has 0 unspecified atom stereocenters. The van der Waals surface area contributed by atoms with Crippen LogP contribution in [0.25, 0.3) is 0 Å². The zero-order valence-electron chi connectivity index (χ0n) is 6.97. The zero-order valence-corrected chi connectivity index (χ0v) is 6.97. The van der Waals surface area contributed by atoms with Gasteiger partial charge in [0.25, 0.3) is 0 Å². The number of halogens is 3. The lowest BCUT2D eigenvalue weighted by molar-refractivity contribution is -0.137. The van der Waals surface area contributed by atoms with E-state index in [4.69, 9.17) is 5.02 Å². The molecule has 0 heterocycles. The Morgan fingerprint density at radius 3 is 1.92 bits per heavy atom. The summed E-state index contributed by atoms with van der Waals surface area (Å²) in [6, 6.07) is 4.46. The maximum Gasteiger partial charge on any atom is 0.416 e. The van der Waals surface area contributed by atoms with Gasteiger partial charge in [0.05, 0.1) is 5.56 Å². The van der Waals surface area contributed by atoms with Gasteiger partial charge in [-0.3, -0.25) is 0 Å². The highest BCUT2D eigenvalue weighted by molar-refractivity contribution is 6.64. The number of rotatable bonds is 1. The van der Waals surface area contributed by atoms with Gasteiger partial charge in [0.15, 0.2) is 0 Å². The van der Waals surface area contributed by atoms with E-state index in [0.29, 0.717) is 5.46 Å². The van der Waals surface area contributed by atoms with Gasteiger partial charge in [0.2, 0.25) is 0 Å². The third-order valence-electron chi connectivity index (χ3n) is 1.72. The van der Waals surface area contributed by atoms with Crippen LogP contribution in [0.15, 0.2) is 24.3 Å². The molecule has 70 valence electrons. The minimum absolute atomic E-state index is 0.480. The van der Waals surface area contributed by atoms with E-state index in [9.17, 15) is 13.2 Å². The summed E-state index contributed by atoms with van der Waals surface area (Å²) in [5, 5.41) is 9.04. The number of hydrogen-bond donors (Lipinski definition) is 1. The Bertz CT molecular complexity index is 278. The van der Waals surface area contributed by atoms with Crippen LogP contribution < -0.4 is 5.46 Å². The van der Waals surface area contributed by atoms with E-state index in [1.165, 1.54) is 19.0 Å². The second kappa shape index (κ2) is 3.42. The summed E-state index contributed by atoms with van der Waals surface area (Å²) >= 11 is 0.